The summed E-state index contributed by atoms with van der Waals surface area (Å²) in [4.78, 5) is 0. The van der Waals surface area contributed by atoms with Gasteiger partial charge in [0.1, 0.15) is 0 Å². The predicted octanol–water partition coefficient (Wildman–Crippen LogP) is 2.78. The third-order valence-electron chi connectivity index (χ3n) is 2.35. The minimum absolute atomic E-state index is 0.134. The van der Waals surface area contributed by atoms with E-state index in [1.807, 2.05) is 12.1 Å². The molecule has 1 atom stereocenters. The van der Waals surface area contributed by atoms with E-state index in [1.54, 1.807) is 6.07 Å². The molecule has 0 radical (unpaired) electrons. The number of nitrogens with two attached hydrogens (primary N) is 1. The average Bonchev–Trinajstić information content (AvgIpc) is 2.27. The van der Waals surface area contributed by atoms with Crippen molar-refractivity contribution in [1.82, 2.24) is 5.43 Å². The minimum Gasteiger partial charge on any atom is -0.271 e. The third-order valence-corrected chi connectivity index (χ3v) is 2.94. The highest BCUT2D eigenvalue weighted by atomic mass is 35.5. The van der Waals surface area contributed by atoms with Gasteiger partial charge in [-0.15, -0.1) is 12.3 Å². The van der Waals surface area contributed by atoms with Crippen LogP contribution in [0.25, 0.3) is 0 Å². The predicted molar refractivity (Wildman–Crippen MR) is 69.3 cm³/mol. The molecule has 3 N–H and O–H groups in total. The second-order valence-corrected chi connectivity index (χ2v) is 4.39. The smallest absolute Gasteiger partial charge is 0.0453 e. The summed E-state index contributed by atoms with van der Waals surface area (Å²) in [6.45, 7) is 0. The van der Waals surface area contributed by atoms with Gasteiger partial charge >= 0.3 is 0 Å². The molecule has 1 rings (SSSR count). The maximum atomic E-state index is 6.07. The monoisotopic (exact) mass is 256 g/mol. The molecule has 0 spiro atoms. The Kier molecular flexibility index (Phi) is 5.65. The molecule has 0 bridgehead atoms. The van der Waals surface area contributed by atoms with E-state index in [4.69, 9.17) is 35.5 Å². The van der Waals surface area contributed by atoms with Crippen LogP contribution in [0.4, 0.5) is 0 Å². The summed E-state index contributed by atoms with van der Waals surface area (Å²) in [5.41, 5.74) is 3.76. The first-order valence-electron chi connectivity index (χ1n) is 5.01. The van der Waals surface area contributed by atoms with E-state index in [9.17, 15) is 0 Å². The third kappa shape index (κ3) is 4.03. The quantitative estimate of drug-likeness (QED) is 0.483. The lowest BCUT2D eigenvalue weighted by Gasteiger charge is -2.15. The summed E-state index contributed by atoms with van der Waals surface area (Å²) in [5.74, 6) is 8.05. The fraction of sp³-hybridized carbons (Fsp3) is 0.333. The maximum absolute atomic E-state index is 6.07. The molecule has 0 saturated heterocycles. The van der Waals surface area contributed by atoms with Crippen LogP contribution < -0.4 is 11.3 Å². The van der Waals surface area contributed by atoms with E-state index >= 15 is 0 Å². The normalized spacial score (nSPS) is 12.1. The van der Waals surface area contributed by atoms with Crippen LogP contribution in [-0.2, 0) is 6.42 Å². The number of hydrogen-bond acceptors (Lipinski definition) is 2. The summed E-state index contributed by atoms with van der Waals surface area (Å²) in [5, 5.41) is 1.29. The van der Waals surface area contributed by atoms with Crippen molar-refractivity contribution < 1.29 is 0 Å². The van der Waals surface area contributed by atoms with Crippen molar-refractivity contribution in [3.63, 3.8) is 0 Å². The van der Waals surface area contributed by atoms with Gasteiger partial charge in [-0.3, -0.25) is 11.3 Å². The zero-order valence-corrected chi connectivity index (χ0v) is 10.4. The van der Waals surface area contributed by atoms with Gasteiger partial charge in [-0.1, -0.05) is 29.3 Å². The molecular formula is C12H14Cl2N2. The van der Waals surface area contributed by atoms with Crippen LogP contribution in [0.5, 0.6) is 0 Å². The van der Waals surface area contributed by atoms with Gasteiger partial charge in [0.2, 0.25) is 0 Å². The molecule has 0 aliphatic carbocycles. The second-order valence-electron chi connectivity index (χ2n) is 3.55. The standard InChI is InChI=1S/C12H14Cl2N2/c1-2-3-4-11(16-15)7-9-5-6-10(13)8-12(9)14/h1,5-6,8,11,16H,3-4,7,15H2. The molecule has 0 aliphatic rings. The van der Waals surface area contributed by atoms with Gasteiger partial charge in [0, 0.05) is 22.5 Å². The van der Waals surface area contributed by atoms with Crippen molar-refractivity contribution >= 4 is 23.2 Å². The van der Waals surface area contributed by atoms with Gasteiger partial charge in [0.25, 0.3) is 0 Å². The highest BCUT2D eigenvalue weighted by molar-refractivity contribution is 6.35. The van der Waals surface area contributed by atoms with Gasteiger partial charge in [-0.2, -0.15) is 0 Å². The van der Waals surface area contributed by atoms with E-state index in [1.165, 1.54) is 0 Å². The zero-order chi connectivity index (χ0) is 12.0. The van der Waals surface area contributed by atoms with Gasteiger partial charge in [0.15, 0.2) is 0 Å². The summed E-state index contributed by atoms with van der Waals surface area (Å²) in [6.07, 6.45) is 7.48. The molecule has 4 heteroatoms. The first-order valence-corrected chi connectivity index (χ1v) is 5.76. The van der Waals surface area contributed by atoms with Crippen LogP contribution in [0, 0.1) is 12.3 Å². The Hall–Kier alpha value is -0.720. The molecule has 0 aromatic heterocycles. The fourth-order valence-corrected chi connectivity index (χ4v) is 1.94. The van der Waals surface area contributed by atoms with Crippen LogP contribution in [0.2, 0.25) is 10.0 Å². The lowest BCUT2D eigenvalue weighted by atomic mass is 10.0. The second kappa shape index (κ2) is 6.78. The SMILES string of the molecule is C#CCCC(Cc1ccc(Cl)cc1Cl)NN. The van der Waals surface area contributed by atoms with Gasteiger partial charge in [0.05, 0.1) is 0 Å². The average molecular weight is 257 g/mol. The summed E-state index contributed by atoms with van der Waals surface area (Å²) in [7, 11) is 0. The van der Waals surface area contributed by atoms with Gasteiger partial charge in [-0.25, -0.2) is 0 Å². The van der Waals surface area contributed by atoms with Gasteiger partial charge < -0.3 is 0 Å². The maximum Gasteiger partial charge on any atom is 0.0453 e. The Morgan fingerprint density at radius 3 is 2.75 bits per heavy atom. The van der Waals surface area contributed by atoms with Crippen LogP contribution in [-0.4, -0.2) is 6.04 Å². The Morgan fingerprint density at radius 2 is 2.19 bits per heavy atom. The molecule has 1 unspecified atom stereocenters. The van der Waals surface area contributed by atoms with E-state index in [2.05, 4.69) is 11.3 Å². The fourth-order valence-electron chi connectivity index (χ4n) is 1.45. The number of benzene rings is 1. The molecule has 16 heavy (non-hydrogen) atoms. The van der Waals surface area contributed by atoms with Crippen molar-refractivity contribution in [1.29, 1.82) is 0 Å². The highest BCUT2D eigenvalue weighted by Crippen LogP contribution is 2.22. The minimum atomic E-state index is 0.134. The Balaban J connectivity index is 2.67. The van der Waals surface area contributed by atoms with Crippen LogP contribution >= 0.6 is 23.2 Å². The molecule has 1 aromatic carbocycles. The van der Waals surface area contributed by atoms with Crippen LogP contribution in [0.1, 0.15) is 18.4 Å². The number of halogens is 2. The first kappa shape index (κ1) is 13.3. The Labute approximate surface area is 106 Å². The van der Waals surface area contributed by atoms with E-state index < -0.39 is 0 Å². The van der Waals surface area contributed by atoms with Crippen LogP contribution in [0.15, 0.2) is 18.2 Å². The van der Waals surface area contributed by atoms with Gasteiger partial charge in [-0.05, 0) is 30.5 Å². The van der Waals surface area contributed by atoms with Crippen molar-refractivity contribution in [2.24, 2.45) is 5.84 Å². The molecule has 0 saturated carbocycles. The zero-order valence-electron chi connectivity index (χ0n) is 8.84. The molecule has 0 amide bonds. The number of rotatable bonds is 5. The van der Waals surface area contributed by atoms with Crippen molar-refractivity contribution in [2.45, 2.75) is 25.3 Å². The number of nitrogens with one attached hydrogen (secondary N) is 1. The van der Waals surface area contributed by atoms with Crippen LogP contribution in [0.3, 0.4) is 0 Å². The molecule has 0 heterocycles. The summed E-state index contributed by atoms with van der Waals surface area (Å²) >= 11 is 11.9. The number of terminal acetylenes is 1. The Bertz CT molecular complexity index is 385. The van der Waals surface area contributed by atoms with E-state index in [-0.39, 0.29) is 6.04 Å². The number of hydrogen-bond donors (Lipinski definition) is 2. The first-order chi connectivity index (χ1) is 7.67. The van der Waals surface area contributed by atoms with E-state index in [0.717, 1.165) is 18.4 Å². The highest BCUT2D eigenvalue weighted by Gasteiger charge is 2.09. The summed E-state index contributed by atoms with van der Waals surface area (Å²) in [6, 6.07) is 5.59. The lowest BCUT2D eigenvalue weighted by Crippen LogP contribution is -2.36. The molecule has 1 aromatic rings. The Morgan fingerprint density at radius 1 is 1.44 bits per heavy atom. The molecule has 86 valence electrons. The molecular weight excluding hydrogens is 243 g/mol. The summed E-state index contributed by atoms with van der Waals surface area (Å²) < 4.78 is 0. The lowest BCUT2D eigenvalue weighted by molar-refractivity contribution is 0.498. The molecule has 2 nitrogen and oxygen atoms in total. The van der Waals surface area contributed by atoms with Crippen molar-refractivity contribution in [3.8, 4) is 12.3 Å². The topological polar surface area (TPSA) is 38.0 Å². The molecule has 0 fully saturated rings. The van der Waals surface area contributed by atoms with E-state index in [0.29, 0.717) is 16.5 Å². The van der Waals surface area contributed by atoms with Crippen molar-refractivity contribution in [3.05, 3.63) is 33.8 Å². The largest absolute Gasteiger partial charge is 0.271 e. The molecule has 0 aliphatic heterocycles. The van der Waals surface area contributed by atoms with Crippen molar-refractivity contribution in [2.75, 3.05) is 0 Å². The number of hydrazine groups is 1.